The molecule has 0 N–H and O–H groups in total. The lowest BCUT2D eigenvalue weighted by atomic mass is 10.8. The predicted octanol–water partition coefficient (Wildman–Crippen LogP) is 2.89. The molecule has 0 aromatic rings. The molecule has 2 nitrogen and oxygen atoms in total. The van der Waals surface area contributed by atoms with Gasteiger partial charge in [0, 0.05) is 6.92 Å². The second-order valence-electron chi connectivity index (χ2n) is 0.925. The van der Waals surface area contributed by atoms with E-state index in [1.807, 2.05) is 0 Å². The van der Waals surface area contributed by atoms with Crippen molar-refractivity contribution in [2.75, 3.05) is 6.61 Å². The summed E-state index contributed by atoms with van der Waals surface area (Å²) in [5.74, 6) is -0.211. The molecule has 0 saturated heterocycles. The Bertz CT molecular complexity index is 60.4. The molecule has 0 aliphatic rings. The quantitative estimate of drug-likeness (QED) is 0.669. The first kappa shape index (κ1) is 41.5. The highest BCUT2D eigenvalue weighted by molar-refractivity contribution is 5.86. The van der Waals surface area contributed by atoms with Crippen LogP contribution in [0.4, 0.5) is 0 Å². The van der Waals surface area contributed by atoms with E-state index >= 15 is 0 Å². The van der Waals surface area contributed by atoms with E-state index in [4.69, 9.17) is 0 Å². The SMILES string of the molecule is C.CCOC(C)=O.Cl.Cl.Cl.Cl. The summed E-state index contributed by atoms with van der Waals surface area (Å²) in [5.41, 5.74) is 0. The van der Waals surface area contributed by atoms with Crippen molar-refractivity contribution in [2.24, 2.45) is 0 Å². The van der Waals surface area contributed by atoms with Gasteiger partial charge in [0.2, 0.25) is 0 Å². The third-order valence-electron chi connectivity index (χ3n) is 0.348. The number of hydrogen-bond donors (Lipinski definition) is 0. The molecule has 0 saturated carbocycles. The fraction of sp³-hybridized carbons (Fsp3) is 0.800. The first-order chi connectivity index (χ1) is 2.77. The van der Waals surface area contributed by atoms with Crippen molar-refractivity contribution in [3.05, 3.63) is 0 Å². The Hall–Kier alpha value is 0.630. The van der Waals surface area contributed by atoms with Crippen LogP contribution >= 0.6 is 49.6 Å². The lowest BCUT2D eigenvalue weighted by Gasteiger charge is -1.89. The molecule has 0 unspecified atom stereocenters. The maximum atomic E-state index is 9.82. The lowest BCUT2D eigenvalue weighted by molar-refractivity contribution is -0.140. The summed E-state index contributed by atoms with van der Waals surface area (Å²) in [5, 5.41) is 0. The molecule has 0 aliphatic heterocycles. The minimum absolute atomic E-state index is 0. The van der Waals surface area contributed by atoms with Gasteiger partial charge in [-0.3, -0.25) is 4.79 Å². The fourth-order valence-corrected chi connectivity index (χ4v) is 0.203. The van der Waals surface area contributed by atoms with Crippen molar-refractivity contribution in [1.29, 1.82) is 0 Å². The number of halogens is 4. The average molecular weight is 250 g/mol. The molecule has 6 heteroatoms. The Labute approximate surface area is 93.1 Å². The van der Waals surface area contributed by atoms with Gasteiger partial charge in [0.05, 0.1) is 6.61 Å². The fourth-order valence-electron chi connectivity index (χ4n) is 0.203. The van der Waals surface area contributed by atoms with Gasteiger partial charge in [-0.2, -0.15) is 0 Å². The molecule has 0 bridgehead atoms. The minimum atomic E-state index is -0.211. The third kappa shape index (κ3) is 60.1. The molecule has 0 aromatic heterocycles. The van der Waals surface area contributed by atoms with Gasteiger partial charge in [0.1, 0.15) is 0 Å². The van der Waals surface area contributed by atoms with Crippen LogP contribution in [0.3, 0.4) is 0 Å². The van der Waals surface area contributed by atoms with Crippen molar-refractivity contribution in [1.82, 2.24) is 0 Å². The van der Waals surface area contributed by atoms with Crippen LogP contribution in [0.2, 0.25) is 0 Å². The number of carbonyl (C=O) groups excluding carboxylic acids is 1. The summed E-state index contributed by atoms with van der Waals surface area (Å²) in [6.07, 6.45) is 0. The van der Waals surface area contributed by atoms with E-state index in [-0.39, 0.29) is 63.0 Å². The van der Waals surface area contributed by atoms with Gasteiger partial charge in [0.25, 0.3) is 0 Å². The van der Waals surface area contributed by atoms with Crippen LogP contribution in [0.1, 0.15) is 21.3 Å². The third-order valence-corrected chi connectivity index (χ3v) is 0.348. The van der Waals surface area contributed by atoms with Crippen LogP contribution in [0.5, 0.6) is 0 Å². The maximum Gasteiger partial charge on any atom is 0.302 e. The number of esters is 1. The van der Waals surface area contributed by atoms with Crippen molar-refractivity contribution in [3.63, 3.8) is 0 Å². The standard InChI is InChI=1S/C4H8O2.CH4.4ClH/c1-3-6-4(2)5;;;;;/h3H2,1-2H3;1H4;4*1H. The predicted molar refractivity (Wildman–Crippen MR) is 58.0 cm³/mol. The van der Waals surface area contributed by atoms with E-state index in [0.717, 1.165) is 0 Å². The summed E-state index contributed by atoms with van der Waals surface area (Å²) in [7, 11) is 0. The van der Waals surface area contributed by atoms with Crippen molar-refractivity contribution in [3.8, 4) is 0 Å². The Morgan fingerprint density at radius 3 is 1.45 bits per heavy atom. The highest BCUT2D eigenvalue weighted by Crippen LogP contribution is 1.69. The molecule has 0 rings (SSSR count). The molecule has 76 valence electrons. The second-order valence-corrected chi connectivity index (χ2v) is 0.925. The highest BCUT2D eigenvalue weighted by Gasteiger charge is 1.81. The highest BCUT2D eigenvalue weighted by atomic mass is 35.5. The smallest absolute Gasteiger partial charge is 0.302 e. The van der Waals surface area contributed by atoms with E-state index in [9.17, 15) is 4.79 Å². The number of ether oxygens (including phenoxy) is 1. The summed E-state index contributed by atoms with van der Waals surface area (Å²) in [6, 6.07) is 0. The molecule has 0 spiro atoms. The Kier molecular flexibility index (Phi) is 117. The zero-order valence-electron chi connectivity index (χ0n) is 5.66. The monoisotopic (exact) mass is 248 g/mol. The average Bonchev–Trinajstić information content (AvgIpc) is 1.35. The van der Waals surface area contributed by atoms with E-state index in [2.05, 4.69) is 4.74 Å². The Morgan fingerprint density at radius 2 is 1.45 bits per heavy atom. The summed E-state index contributed by atoms with van der Waals surface area (Å²) in [6.45, 7) is 3.65. The van der Waals surface area contributed by atoms with Crippen molar-refractivity contribution >= 4 is 55.6 Å². The number of hydrogen-bond acceptors (Lipinski definition) is 2. The largest absolute Gasteiger partial charge is 0.466 e. The van der Waals surface area contributed by atoms with Gasteiger partial charge in [-0.05, 0) is 6.92 Å². The minimum Gasteiger partial charge on any atom is -0.466 e. The normalized spacial score (nSPS) is 4.18. The second kappa shape index (κ2) is 31.1. The molecule has 0 fully saturated rings. The molecule has 11 heavy (non-hydrogen) atoms. The first-order valence-corrected chi connectivity index (χ1v) is 1.90. The van der Waals surface area contributed by atoms with Crippen LogP contribution in [0.25, 0.3) is 0 Å². The topological polar surface area (TPSA) is 26.3 Å². The number of carbonyl (C=O) groups is 1. The molecule has 0 amide bonds. The molecular formula is C5H16Cl4O2. The van der Waals surface area contributed by atoms with Gasteiger partial charge in [-0.25, -0.2) is 0 Å². The molecule has 0 aromatic carbocycles. The van der Waals surface area contributed by atoms with E-state index in [0.29, 0.717) is 6.61 Å². The molecule has 0 heterocycles. The van der Waals surface area contributed by atoms with Gasteiger partial charge in [0.15, 0.2) is 0 Å². The molecular weight excluding hydrogens is 234 g/mol. The van der Waals surface area contributed by atoms with Crippen LogP contribution in [0.15, 0.2) is 0 Å². The molecule has 0 atom stereocenters. The first-order valence-electron chi connectivity index (χ1n) is 1.90. The number of rotatable bonds is 1. The van der Waals surface area contributed by atoms with E-state index in [1.165, 1.54) is 6.92 Å². The van der Waals surface area contributed by atoms with E-state index < -0.39 is 0 Å². The van der Waals surface area contributed by atoms with Gasteiger partial charge in [-0.15, -0.1) is 49.6 Å². The molecule has 0 radical (unpaired) electrons. The van der Waals surface area contributed by atoms with Gasteiger partial charge in [-0.1, -0.05) is 7.43 Å². The summed E-state index contributed by atoms with van der Waals surface area (Å²) < 4.78 is 4.40. The summed E-state index contributed by atoms with van der Waals surface area (Å²) in [4.78, 5) is 9.82. The Morgan fingerprint density at radius 1 is 1.18 bits per heavy atom. The molecule has 0 aliphatic carbocycles. The zero-order valence-corrected chi connectivity index (χ0v) is 8.92. The maximum absolute atomic E-state index is 9.82. The van der Waals surface area contributed by atoms with Crippen molar-refractivity contribution < 1.29 is 9.53 Å². The lowest BCUT2D eigenvalue weighted by Crippen LogP contribution is -1.95. The Balaban J connectivity index is -0.0000000125. The van der Waals surface area contributed by atoms with Crippen LogP contribution in [0, 0.1) is 0 Å². The summed E-state index contributed by atoms with van der Waals surface area (Å²) >= 11 is 0. The van der Waals surface area contributed by atoms with Crippen molar-refractivity contribution in [2.45, 2.75) is 21.3 Å². The van der Waals surface area contributed by atoms with Gasteiger partial charge >= 0.3 is 5.97 Å². The van der Waals surface area contributed by atoms with Crippen LogP contribution in [-0.2, 0) is 9.53 Å². The zero-order chi connectivity index (χ0) is 4.99. The van der Waals surface area contributed by atoms with E-state index in [1.54, 1.807) is 6.92 Å². The van der Waals surface area contributed by atoms with Crippen LogP contribution < -0.4 is 0 Å². The van der Waals surface area contributed by atoms with Crippen LogP contribution in [-0.4, -0.2) is 12.6 Å². The van der Waals surface area contributed by atoms with Gasteiger partial charge < -0.3 is 4.74 Å².